The van der Waals surface area contributed by atoms with Gasteiger partial charge in [0.1, 0.15) is 5.69 Å². The van der Waals surface area contributed by atoms with Gasteiger partial charge in [-0.1, -0.05) is 0 Å². The molecule has 0 aliphatic heterocycles. The molecule has 0 atom stereocenters. The largest absolute Gasteiger partial charge is 0.393 e. The van der Waals surface area contributed by atoms with E-state index in [1.807, 2.05) is 26.0 Å². The summed E-state index contributed by atoms with van der Waals surface area (Å²) < 4.78 is 0. The molecule has 2 N–H and O–H groups in total. The minimum Gasteiger partial charge on any atom is -0.393 e. The van der Waals surface area contributed by atoms with E-state index in [1.165, 1.54) is 6.07 Å². The third-order valence-electron chi connectivity index (χ3n) is 2.53. The van der Waals surface area contributed by atoms with Crippen LogP contribution in [0.4, 0.5) is 17.1 Å². The summed E-state index contributed by atoms with van der Waals surface area (Å²) in [5.74, 6) is 0. The number of nitrogen functional groups attached to an aromatic ring is 1. The molecule has 1 aromatic rings. The second-order valence-corrected chi connectivity index (χ2v) is 4.23. The zero-order chi connectivity index (χ0) is 13.0. The highest BCUT2D eigenvalue weighted by Gasteiger charge is 2.12. The summed E-state index contributed by atoms with van der Waals surface area (Å²) in [5, 5.41) is 10.6. The molecule has 0 aliphatic carbocycles. The van der Waals surface area contributed by atoms with Crippen LogP contribution < -0.4 is 10.6 Å². The molecule has 0 bridgehead atoms. The Hall–Kier alpha value is -1.82. The van der Waals surface area contributed by atoms with Crippen LogP contribution in [0, 0.1) is 10.1 Å². The van der Waals surface area contributed by atoms with Crippen molar-refractivity contribution in [2.24, 2.45) is 0 Å². The highest BCUT2D eigenvalue weighted by molar-refractivity contribution is 5.66. The highest BCUT2D eigenvalue weighted by Crippen LogP contribution is 2.26. The molecule has 1 rings (SSSR count). The molecule has 0 aliphatic rings. The van der Waals surface area contributed by atoms with Gasteiger partial charge in [0.2, 0.25) is 0 Å². The van der Waals surface area contributed by atoms with Crippen LogP contribution in [0.2, 0.25) is 0 Å². The standard InChI is InChI=1S/C11H18N4O2/c1-13(2)6-7-14(3)9-4-5-11(15(16)17)10(12)8-9/h4-5,8H,6-7,12H2,1-3H3. The zero-order valence-corrected chi connectivity index (χ0v) is 10.4. The van der Waals surface area contributed by atoms with Crippen molar-refractivity contribution in [3.05, 3.63) is 28.3 Å². The van der Waals surface area contributed by atoms with Gasteiger partial charge in [-0.25, -0.2) is 0 Å². The Kier molecular flexibility index (Phi) is 4.28. The fraction of sp³-hybridized carbons (Fsp3) is 0.455. The van der Waals surface area contributed by atoms with E-state index in [9.17, 15) is 10.1 Å². The van der Waals surface area contributed by atoms with Gasteiger partial charge in [0, 0.05) is 31.9 Å². The van der Waals surface area contributed by atoms with Gasteiger partial charge in [-0.2, -0.15) is 0 Å². The number of anilines is 2. The molecule has 17 heavy (non-hydrogen) atoms. The predicted octanol–water partition coefficient (Wildman–Crippen LogP) is 1.17. The maximum absolute atomic E-state index is 10.6. The molecule has 6 heteroatoms. The Morgan fingerprint density at radius 1 is 1.29 bits per heavy atom. The Morgan fingerprint density at radius 2 is 1.94 bits per heavy atom. The van der Waals surface area contributed by atoms with Gasteiger partial charge >= 0.3 is 0 Å². The number of nitrogens with two attached hydrogens (primary N) is 1. The van der Waals surface area contributed by atoms with Crippen LogP contribution in [0.5, 0.6) is 0 Å². The fourth-order valence-electron chi connectivity index (χ4n) is 1.42. The molecule has 0 spiro atoms. The third kappa shape index (κ3) is 3.60. The van der Waals surface area contributed by atoms with Crippen LogP contribution in [0.1, 0.15) is 0 Å². The van der Waals surface area contributed by atoms with E-state index in [4.69, 9.17) is 5.73 Å². The van der Waals surface area contributed by atoms with E-state index in [-0.39, 0.29) is 11.4 Å². The molecular weight excluding hydrogens is 220 g/mol. The fourth-order valence-corrected chi connectivity index (χ4v) is 1.42. The van der Waals surface area contributed by atoms with Crippen molar-refractivity contribution < 1.29 is 4.92 Å². The predicted molar refractivity (Wildman–Crippen MR) is 69.3 cm³/mol. The monoisotopic (exact) mass is 238 g/mol. The van der Waals surface area contributed by atoms with Crippen molar-refractivity contribution in [1.82, 2.24) is 4.90 Å². The van der Waals surface area contributed by atoms with Gasteiger partial charge < -0.3 is 15.5 Å². The Labute approximate surface area is 101 Å². The van der Waals surface area contributed by atoms with E-state index < -0.39 is 4.92 Å². The summed E-state index contributed by atoms with van der Waals surface area (Å²) in [4.78, 5) is 14.2. The topological polar surface area (TPSA) is 75.6 Å². The van der Waals surface area contributed by atoms with Gasteiger partial charge in [0.05, 0.1) is 4.92 Å². The lowest BCUT2D eigenvalue weighted by molar-refractivity contribution is -0.383. The summed E-state index contributed by atoms with van der Waals surface area (Å²) >= 11 is 0. The number of benzene rings is 1. The molecule has 0 saturated carbocycles. The van der Waals surface area contributed by atoms with E-state index in [0.29, 0.717) is 0 Å². The molecule has 0 heterocycles. The molecule has 94 valence electrons. The van der Waals surface area contributed by atoms with Crippen molar-refractivity contribution in [3.8, 4) is 0 Å². The van der Waals surface area contributed by atoms with Crippen molar-refractivity contribution >= 4 is 17.1 Å². The van der Waals surface area contributed by atoms with E-state index >= 15 is 0 Å². The molecule has 6 nitrogen and oxygen atoms in total. The lowest BCUT2D eigenvalue weighted by atomic mass is 10.2. The summed E-state index contributed by atoms with van der Waals surface area (Å²) in [6.45, 7) is 1.75. The van der Waals surface area contributed by atoms with Crippen LogP contribution in [0.15, 0.2) is 18.2 Å². The van der Waals surface area contributed by atoms with Gasteiger partial charge in [-0.3, -0.25) is 10.1 Å². The minimum atomic E-state index is -0.473. The van der Waals surface area contributed by atoms with Crippen LogP contribution >= 0.6 is 0 Å². The number of likely N-dealkylation sites (N-methyl/N-ethyl adjacent to an activating group) is 2. The maximum atomic E-state index is 10.6. The van der Waals surface area contributed by atoms with Crippen molar-refractivity contribution in [2.45, 2.75) is 0 Å². The molecular formula is C11H18N4O2. The minimum absolute atomic E-state index is 0.0465. The van der Waals surface area contributed by atoms with Gasteiger partial charge in [0.25, 0.3) is 5.69 Å². The van der Waals surface area contributed by atoms with Crippen molar-refractivity contribution in [1.29, 1.82) is 0 Å². The van der Waals surface area contributed by atoms with Crippen LogP contribution in [0.3, 0.4) is 0 Å². The number of nitro benzene ring substituents is 1. The van der Waals surface area contributed by atoms with Crippen LogP contribution in [-0.4, -0.2) is 44.1 Å². The Bertz CT molecular complexity index is 406. The van der Waals surface area contributed by atoms with Crippen molar-refractivity contribution in [3.63, 3.8) is 0 Å². The smallest absolute Gasteiger partial charge is 0.292 e. The van der Waals surface area contributed by atoms with E-state index in [1.54, 1.807) is 12.1 Å². The molecule has 0 saturated heterocycles. The van der Waals surface area contributed by atoms with Crippen LogP contribution in [0.25, 0.3) is 0 Å². The first-order valence-corrected chi connectivity index (χ1v) is 5.31. The summed E-state index contributed by atoms with van der Waals surface area (Å²) in [7, 11) is 5.93. The van der Waals surface area contributed by atoms with Crippen molar-refractivity contribution in [2.75, 3.05) is 44.9 Å². The summed E-state index contributed by atoms with van der Waals surface area (Å²) in [6.07, 6.45) is 0. The Morgan fingerprint density at radius 3 is 2.41 bits per heavy atom. The number of nitrogens with zero attached hydrogens (tertiary/aromatic N) is 3. The average Bonchev–Trinajstić information content (AvgIpc) is 2.25. The van der Waals surface area contributed by atoms with Gasteiger partial charge in [-0.15, -0.1) is 0 Å². The zero-order valence-electron chi connectivity index (χ0n) is 10.4. The lowest BCUT2D eigenvalue weighted by Crippen LogP contribution is -2.28. The van der Waals surface area contributed by atoms with E-state index in [0.717, 1.165) is 18.8 Å². The first-order chi connectivity index (χ1) is 7.91. The molecule has 0 aromatic heterocycles. The third-order valence-corrected chi connectivity index (χ3v) is 2.53. The second-order valence-electron chi connectivity index (χ2n) is 4.23. The summed E-state index contributed by atoms with van der Waals surface area (Å²) in [5.41, 5.74) is 6.67. The molecule has 0 unspecified atom stereocenters. The lowest BCUT2D eigenvalue weighted by Gasteiger charge is -2.21. The number of hydrogen-bond donors (Lipinski definition) is 1. The first kappa shape index (κ1) is 13.2. The number of rotatable bonds is 5. The molecule has 0 radical (unpaired) electrons. The molecule has 1 aromatic carbocycles. The first-order valence-electron chi connectivity index (χ1n) is 5.31. The highest BCUT2D eigenvalue weighted by atomic mass is 16.6. The van der Waals surface area contributed by atoms with Gasteiger partial charge in [0.15, 0.2) is 0 Å². The van der Waals surface area contributed by atoms with Gasteiger partial charge in [-0.05, 0) is 26.2 Å². The average molecular weight is 238 g/mol. The molecule has 0 fully saturated rings. The number of hydrogen-bond acceptors (Lipinski definition) is 5. The number of nitro groups is 1. The van der Waals surface area contributed by atoms with E-state index in [2.05, 4.69) is 4.90 Å². The Balaban J connectivity index is 2.79. The quantitative estimate of drug-likeness (QED) is 0.473. The normalized spacial score (nSPS) is 10.6. The van der Waals surface area contributed by atoms with Crippen LogP contribution in [-0.2, 0) is 0 Å². The second kappa shape index (κ2) is 5.49. The SMILES string of the molecule is CN(C)CCN(C)c1ccc([N+](=O)[O-])c(N)c1. The summed E-state index contributed by atoms with van der Waals surface area (Å²) in [6, 6.07) is 4.79. The molecule has 0 amide bonds. The maximum Gasteiger partial charge on any atom is 0.292 e.